The second-order valence-electron chi connectivity index (χ2n) is 8.83. The zero-order chi connectivity index (χ0) is 25.4. The molecule has 2 aromatic heterocycles. The van der Waals surface area contributed by atoms with Crippen molar-refractivity contribution >= 4 is 42.6 Å². The molecule has 2 aromatic carbocycles. The molecule has 0 spiro atoms. The Labute approximate surface area is 214 Å². The number of thiazole rings is 1. The van der Waals surface area contributed by atoms with Gasteiger partial charge in [0.15, 0.2) is 5.13 Å². The Morgan fingerprint density at radius 3 is 2.58 bits per heavy atom. The van der Waals surface area contributed by atoms with Crippen molar-refractivity contribution in [3.8, 4) is 5.75 Å². The van der Waals surface area contributed by atoms with Gasteiger partial charge in [-0.1, -0.05) is 23.5 Å². The molecule has 5 rings (SSSR count). The molecule has 4 aromatic rings. The molecule has 1 aliphatic heterocycles. The second kappa shape index (κ2) is 9.68. The zero-order valence-corrected chi connectivity index (χ0v) is 21.9. The summed E-state index contributed by atoms with van der Waals surface area (Å²) in [5.41, 5.74) is 2.95. The molecule has 8 nitrogen and oxygen atoms in total. The minimum Gasteiger partial charge on any atom is -0.497 e. The topological polar surface area (TPSA) is 93.0 Å². The van der Waals surface area contributed by atoms with Crippen LogP contribution in [0.1, 0.15) is 29.7 Å². The monoisotopic (exact) mass is 525 g/mol. The van der Waals surface area contributed by atoms with Gasteiger partial charge < -0.3 is 9.15 Å². The van der Waals surface area contributed by atoms with Crippen molar-refractivity contribution in [2.75, 3.05) is 18.6 Å². The molecule has 188 valence electrons. The van der Waals surface area contributed by atoms with Crippen molar-refractivity contribution in [2.45, 2.75) is 44.2 Å². The lowest BCUT2D eigenvalue weighted by Gasteiger charge is -2.28. The number of nitrogens with zero attached hydrogens (tertiary/aromatic N) is 3. The summed E-state index contributed by atoms with van der Waals surface area (Å²) in [6.07, 6.45) is 2.59. The Kier molecular flexibility index (Phi) is 6.59. The number of carbonyl (C=O) groups excluding carboxylic acids is 1. The van der Waals surface area contributed by atoms with Crippen LogP contribution < -0.4 is 9.64 Å². The van der Waals surface area contributed by atoms with Gasteiger partial charge in [-0.2, -0.15) is 4.31 Å². The second-order valence-corrected chi connectivity index (χ2v) is 11.7. The predicted molar refractivity (Wildman–Crippen MR) is 139 cm³/mol. The van der Waals surface area contributed by atoms with Crippen LogP contribution >= 0.6 is 11.3 Å². The Balaban J connectivity index is 1.52. The number of aromatic nitrogens is 1. The van der Waals surface area contributed by atoms with E-state index in [1.807, 2.05) is 26.0 Å². The number of aryl methyl sites for hydroxylation is 2. The van der Waals surface area contributed by atoms with Crippen molar-refractivity contribution < 1.29 is 22.4 Å². The lowest BCUT2D eigenvalue weighted by Crippen LogP contribution is -2.47. The highest BCUT2D eigenvalue weighted by atomic mass is 32.2. The number of hydrogen-bond acceptors (Lipinski definition) is 7. The molecule has 0 aliphatic carbocycles. The normalized spacial score (nSPS) is 16.5. The number of furan rings is 1. The van der Waals surface area contributed by atoms with E-state index in [4.69, 9.17) is 14.1 Å². The molecular formula is C26H27N3O5S2. The summed E-state index contributed by atoms with van der Waals surface area (Å²) in [5, 5.41) is 0.525. The number of amides is 1. The number of hydrogen-bond donors (Lipinski definition) is 0. The maximum atomic E-state index is 14.0. The quantitative estimate of drug-likeness (QED) is 0.341. The number of sulfonamides is 1. The number of benzene rings is 2. The summed E-state index contributed by atoms with van der Waals surface area (Å²) in [6.45, 7) is 4.45. The Hall–Kier alpha value is -3.21. The maximum Gasteiger partial charge on any atom is 0.247 e. The van der Waals surface area contributed by atoms with E-state index in [0.717, 1.165) is 21.3 Å². The molecule has 1 aliphatic rings. The van der Waals surface area contributed by atoms with Crippen LogP contribution in [0.4, 0.5) is 5.13 Å². The van der Waals surface area contributed by atoms with Gasteiger partial charge in [-0.05, 0) is 74.2 Å². The average Bonchev–Trinajstić information content (AvgIpc) is 3.65. The number of rotatable bonds is 7. The van der Waals surface area contributed by atoms with Gasteiger partial charge >= 0.3 is 0 Å². The molecule has 0 bridgehead atoms. The highest BCUT2D eigenvalue weighted by Gasteiger charge is 2.42. The van der Waals surface area contributed by atoms with Crippen molar-refractivity contribution in [3.63, 3.8) is 0 Å². The lowest BCUT2D eigenvalue weighted by molar-refractivity contribution is -0.121. The fraction of sp³-hybridized carbons (Fsp3) is 0.308. The van der Waals surface area contributed by atoms with Gasteiger partial charge in [0.25, 0.3) is 0 Å². The van der Waals surface area contributed by atoms with Crippen LogP contribution in [0.25, 0.3) is 10.2 Å². The van der Waals surface area contributed by atoms with Crippen LogP contribution in [-0.2, 0) is 21.4 Å². The third kappa shape index (κ3) is 4.40. The summed E-state index contributed by atoms with van der Waals surface area (Å²) in [4.78, 5) is 20.5. The van der Waals surface area contributed by atoms with Crippen molar-refractivity contribution in [3.05, 3.63) is 71.7 Å². The maximum absolute atomic E-state index is 14.0. The van der Waals surface area contributed by atoms with Crippen molar-refractivity contribution in [1.29, 1.82) is 0 Å². The average molecular weight is 526 g/mol. The highest BCUT2D eigenvalue weighted by molar-refractivity contribution is 7.89. The largest absolute Gasteiger partial charge is 0.497 e. The molecule has 1 fully saturated rings. The molecule has 0 saturated carbocycles. The van der Waals surface area contributed by atoms with E-state index in [9.17, 15) is 13.2 Å². The SMILES string of the molecule is COc1ccc(S(=O)(=O)N2CCCC2C(=O)N(Cc2ccco2)c2nc3c(C)ccc(C)c3s2)cc1. The van der Waals surface area contributed by atoms with Gasteiger partial charge in [-0.25, -0.2) is 13.4 Å². The van der Waals surface area contributed by atoms with E-state index in [1.165, 1.54) is 34.9 Å². The van der Waals surface area contributed by atoms with E-state index >= 15 is 0 Å². The van der Waals surface area contributed by atoms with E-state index in [-0.39, 0.29) is 23.9 Å². The molecule has 0 N–H and O–H groups in total. The minimum absolute atomic E-state index is 0.131. The predicted octanol–water partition coefficient (Wildman–Crippen LogP) is 4.90. The molecule has 36 heavy (non-hydrogen) atoms. The Morgan fingerprint density at radius 2 is 1.92 bits per heavy atom. The first kappa shape index (κ1) is 24.5. The van der Waals surface area contributed by atoms with Crippen LogP contribution in [0, 0.1) is 13.8 Å². The van der Waals surface area contributed by atoms with Gasteiger partial charge in [-0.3, -0.25) is 9.69 Å². The van der Waals surface area contributed by atoms with Crippen LogP contribution in [-0.4, -0.2) is 43.3 Å². The first-order chi connectivity index (χ1) is 17.3. The number of fused-ring (bicyclic) bond motifs is 1. The van der Waals surface area contributed by atoms with Crippen LogP contribution in [0.3, 0.4) is 0 Å². The van der Waals surface area contributed by atoms with E-state index in [2.05, 4.69) is 0 Å². The number of carbonyl (C=O) groups is 1. The van der Waals surface area contributed by atoms with Gasteiger partial charge in [0.05, 0.1) is 35.0 Å². The molecule has 10 heteroatoms. The van der Waals surface area contributed by atoms with Crippen molar-refractivity contribution in [1.82, 2.24) is 9.29 Å². The van der Waals surface area contributed by atoms with Crippen LogP contribution in [0.2, 0.25) is 0 Å². The number of methoxy groups -OCH3 is 1. The summed E-state index contributed by atoms with van der Waals surface area (Å²) in [5.74, 6) is 0.850. The third-order valence-electron chi connectivity index (χ3n) is 6.48. The molecular weight excluding hydrogens is 498 g/mol. The standard InChI is InChI=1S/C26H27N3O5S2/c1-17-8-9-18(2)24-23(17)27-26(35-24)28(16-20-6-5-15-34-20)25(30)22-7-4-14-29(22)36(31,32)21-12-10-19(33-3)11-13-21/h5-6,8-13,15,22H,4,7,14,16H2,1-3H3. The molecule has 1 saturated heterocycles. The Morgan fingerprint density at radius 1 is 1.17 bits per heavy atom. The van der Waals surface area contributed by atoms with Crippen molar-refractivity contribution in [2.24, 2.45) is 0 Å². The van der Waals surface area contributed by atoms with Gasteiger partial charge in [0, 0.05) is 6.54 Å². The molecule has 1 amide bonds. The van der Waals surface area contributed by atoms with Gasteiger partial charge in [0.1, 0.15) is 17.6 Å². The summed E-state index contributed by atoms with van der Waals surface area (Å²) >= 11 is 1.43. The van der Waals surface area contributed by atoms with Crippen LogP contribution in [0.15, 0.2) is 64.1 Å². The van der Waals surface area contributed by atoms with Gasteiger partial charge in [-0.15, -0.1) is 0 Å². The van der Waals surface area contributed by atoms with E-state index < -0.39 is 16.1 Å². The van der Waals surface area contributed by atoms with E-state index in [1.54, 1.807) is 35.4 Å². The molecule has 3 heterocycles. The third-order valence-corrected chi connectivity index (χ3v) is 9.61. The zero-order valence-electron chi connectivity index (χ0n) is 20.3. The van der Waals surface area contributed by atoms with Crippen LogP contribution in [0.5, 0.6) is 5.75 Å². The number of anilines is 1. The van der Waals surface area contributed by atoms with E-state index in [0.29, 0.717) is 29.5 Å². The van der Waals surface area contributed by atoms with Gasteiger partial charge in [0.2, 0.25) is 15.9 Å². The molecule has 1 unspecified atom stereocenters. The fourth-order valence-corrected chi connectivity index (χ4v) is 7.27. The number of ether oxygens (including phenoxy) is 1. The first-order valence-corrected chi connectivity index (χ1v) is 13.9. The summed E-state index contributed by atoms with van der Waals surface area (Å²) < 4.78 is 40.1. The lowest BCUT2D eigenvalue weighted by atomic mass is 10.1. The Bertz CT molecular complexity index is 1460. The summed E-state index contributed by atoms with van der Waals surface area (Å²) in [7, 11) is -2.36. The molecule has 1 atom stereocenters. The fourth-order valence-electron chi connectivity index (χ4n) is 4.50. The summed E-state index contributed by atoms with van der Waals surface area (Å²) in [6, 6.07) is 13.0. The first-order valence-electron chi connectivity index (χ1n) is 11.7. The smallest absolute Gasteiger partial charge is 0.247 e. The molecule has 0 radical (unpaired) electrons. The highest BCUT2D eigenvalue weighted by Crippen LogP contribution is 2.36. The minimum atomic E-state index is -3.88.